The Hall–Kier alpha value is -1.67. The Balaban J connectivity index is 2.57. The lowest BCUT2D eigenvalue weighted by Gasteiger charge is -2.20. The van der Waals surface area contributed by atoms with E-state index in [2.05, 4.69) is 10.3 Å². The number of carboxylic acids is 1. The fourth-order valence-electron chi connectivity index (χ4n) is 1.37. The number of thiazole rings is 1. The van der Waals surface area contributed by atoms with Crippen molar-refractivity contribution < 1.29 is 19.4 Å². The normalized spacial score (nSPS) is 11.9. The summed E-state index contributed by atoms with van der Waals surface area (Å²) >= 11 is 1.46. The molecule has 0 aromatic carbocycles. The number of amides is 2. The van der Waals surface area contributed by atoms with E-state index in [9.17, 15) is 9.59 Å². The number of carbonyl (C=O) groups is 2. The number of hydrogen-bond donors (Lipinski definition) is 2. The standard InChI is InChI=1S/C11H17N3O4S/c1-7-9(19-6-12-7)4-14(2)11(17)13-8(5-18-3)10(15)16/h6,8H,4-5H2,1-3H3,(H,13,17)(H,15,16). The van der Waals surface area contributed by atoms with E-state index >= 15 is 0 Å². The predicted octanol–water partition coefficient (Wildman–Crippen LogP) is 0.693. The molecule has 1 aromatic rings. The van der Waals surface area contributed by atoms with Crippen molar-refractivity contribution in [1.82, 2.24) is 15.2 Å². The van der Waals surface area contributed by atoms with Crippen LogP contribution in [0.5, 0.6) is 0 Å². The molecule has 0 aliphatic rings. The van der Waals surface area contributed by atoms with Crippen LogP contribution >= 0.6 is 11.3 Å². The monoisotopic (exact) mass is 287 g/mol. The maximum Gasteiger partial charge on any atom is 0.328 e. The van der Waals surface area contributed by atoms with Gasteiger partial charge in [0.2, 0.25) is 0 Å². The highest BCUT2D eigenvalue weighted by Crippen LogP contribution is 2.14. The lowest BCUT2D eigenvalue weighted by atomic mass is 10.3. The van der Waals surface area contributed by atoms with E-state index < -0.39 is 18.0 Å². The van der Waals surface area contributed by atoms with E-state index in [1.54, 1.807) is 12.6 Å². The van der Waals surface area contributed by atoms with Crippen molar-refractivity contribution in [3.8, 4) is 0 Å². The molecule has 8 heteroatoms. The Morgan fingerprint density at radius 2 is 2.32 bits per heavy atom. The van der Waals surface area contributed by atoms with Gasteiger partial charge in [-0.2, -0.15) is 0 Å². The van der Waals surface area contributed by atoms with Crippen LogP contribution in [0.25, 0.3) is 0 Å². The number of nitrogens with one attached hydrogen (secondary N) is 1. The summed E-state index contributed by atoms with van der Waals surface area (Å²) in [5.41, 5.74) is 2.58. The molecule has 2 amide bonds. The quantitative estimate of drug-likeness (QED) is 0.803. The zero-order chi connectivity index (χ0) is 14.4. The second kappa shape index (κ2) is 7.05. The molecule has 0 radical (unpaired) electrons. The fraction of sp³-hybridized carbons (Fsp3) is 0.545. The van der Waals surface area contributed by atoms with Crippen molar-refractivity contribution in [1.29, 1.82) is 0 Å². The van der Waals surface area contributed by atoms with Gasteiger partial charge in [0.15, 0.2) is 6.04 Å². The second-order valence-electron chi connectivity index (χ2n) is 4.01. The molecule has 0 saturated heterocycles. The van der Waals surface area contributed by atoms with E-state index in [-0.39, 0.29) is 6.61 Å². The molecule has 0 fully saturated rings. The molecule has 19 heavy (non-hydrogen) atoms. The number of nitrogens with zero attached hydrogens (tertiary/aromatic N) is 2. The average Bonchev–Trinajstić information content (AvgIpc) is 2.74. The van der Waals surface area contributed by atoms with Gasteiger partial charge in [0.25, 0.3) is 0 Å². The number of carboxylic acid groups (broad SMARTS) is 1. The molecule has 0 bridgehead atoms. The summed E-state index contributed by atoms with van der Waals surface area (Å²) in [4.78, 5) is 29.2. The number of ether oxygens (including phenoxy) is 1. The minimum atomic E-state index is -1.13. The molecule has 1 heterocycles. The zero-order valence-electron chi connectivity index (χ0n) is 11.0. The Morgan fingerprint density at radius 1 is 1.63 bits per heavy atom. The van der Waals surface area contributed by atoms with Crippen LogP contribution in [0.2, 0.25) is 0 Å². The largest absolute Gasteiger partial charge is 0.480 e. The topological polar surface area (TPSA) is 91.8 Å². The van der Waals surface area contributed by atoms with E-state index in [1.807, 2.05) is 6.92 Å². The van der Waals surface area contributed by atoms with Gasteiger partial charge >= 0.3 is 12.0 Å². The lowest BCUT2D eigenvalue weighted by Crippen LogP contribution is -2.48. The molecule has 1 unspecified atom stereocenters. The maximum atomic E-state index is 11.9. The van der Waals surface area contributed by atoms with Gasteiger partial charge in [0.05, 0.1) is 24.4 Å². The van der Waals surface area contributed by atoms with Gasteiger partial charge < -0.3 is 20.1 Å². The Morgan fingerprint density at radius 3 is 2.79 bits per heavy atom. The molecule has 0 saturated carbocycles. The molecule has 1 atom stereocenters. The van der Waals surface area contributed by atoms with Gasteiger partial charge in [0.1, 0.15) is 0 Å². The summed E-state index contributed by atoms with van der Waals surface area (Å²) in [5.74, 6) is -1.13. The van der Waals surface area contributed by atoms with Gasteiger partial charge in [-0.15, -0.1) is 11.3 Å². The van der Waals surface area contributed by atoms with Gasteiger partial charge in [-0.05, 0) is 6.92 Å². The second-order valence-corrected chi connectivity index (χ2v) is 4.95. The molecule has 106 valence electrons. The number of aryl methyl sites for hydroxylation is 1. The lowest BCUT2D eigenvalue weighted by molar-refractivity contribution is -0.140. The smallest absolute Gasteiger partial charge is 0.328 e. The third-order valence-corrected chi connectivity index (χ3v) is 3.42. The SMILES string of the molecule is COCC(NC(=O)N(C)Cc1scnc1C)C(=O)O. The summed E-state index contributed by atoms with van der Waals surface area (Å²) in [7, 11) is 2.98. The minimum absolute atomic E-state index is 0.0749. The molecular formula is C11H17N3O4S. The highest BCUT2D eigenvalue weighted by atomic mass is 32.1. The van der Waals surface area contributed by atoms with Gasteiger partial charge in [-0.25, -0.2) is 14.6 Å². The van der Waals surface area contributed by atoms with Crippen LogP contribution < -0.4 is 5.32 Å². The van der Waals surface area contributed by atoms with E-state index in [0.717, 1.165) is 10.6 Å². The molecular weight excluding hydrogens is 270 g/mol. The van der Waals surface area contributed by atoms with Crippen molar-refractivity contribution in [2.24, 2.45) is 0 Å². The number of aliphatic carboxylic acids is 1. The van der Waals surface area contributed by atoms with E-state index in [0.29, 0.717) is 6.54 Å². The molecule has 1 aromatic heterocycles. The summed E-state index contributed by atoms with van der Waals surface area (Å²) < 4.78 is 4.75. The van der Waals surface area contributed by atoms with Crippen LogP contribution in [0, 0.1) is 6.92 Å². The summed E-state index contributed by atoms with van der Waals surface area (Å²) in [6.45, 7) is 2.18. The molecule has 0 spiro atoms. The first kappa shape index (κ1) is 15.4. The number of aromatic nitrogens is 1. The number of methoxy groups -OCH3 is 1. The average molecular weight is 287 g/mol. The predicted molar refractivity (Wildman–Crippen MR) is 70.1 cm³/mol. The Labute approximate surface area is 115 Å². The first-order valence-corrected chi connectivity index (χ1v) is 6.46. The number of carbonyl (C=O) groups excluding carboxylic acids is 1. The first-order chi connectivity index (χ1) is 8.95. The summed E-state index contributed by atoms with van der Waals surface area (Å²) in [5, 5.41) is 11.3. The highest BCUT2D eigenvalue weighted by molar-refractivity contribution is 7.09. The Bertz CT molecular complexity index is 449. The number of urea groups is 1. The highest BCUT2D eigenvalue weighted by Gasteiger charge is 2.22. The van der Waals surface area contributed by atoms with Crippen molar-refractivity contribution in [3.63, 3.8) is 0 Å². The fourth-order valence-corrected chi connectivity index (χ4v) is 2.20. The zero-order valence-corrected chi connectivity index (χ0v) is 11.9. The third-order valence-electron chi connectivity index (χ3n) is 2.50. The third kappa shape index (κ3) is 4.49. The van der Waals surface area contributed by atoms with Crippen LogP contribution in [-0.2, 0) is 16.1 Å². The van der Waals surface area contributed by atoms with Crippen molar-refractivity contribution in [3.05, 3.63) is 16.1 Å². The van der Waals surface area contributed by atoms with Crippen molar-refractivity contribution in [2.75, 3.05) is 20.8 Å². The molecule has 2 N–H and O–H groups in total. The molecule has 0 aliphatic heterocycles. The molecule has 1 rings (SSSR count). The Kier molecular flexibility index (Phi) is 5.71. The number of hydrogen-bond acceptors (Lipinski definition) is 5. The van der Waals surface area contributed by atoms with Crippen molar-refractivity contribution in [2.45, 2.75) is 19.5 Å². The van der Waals surface area contributed by atoms with Gasteiger partial charge in [-0.3, -0.25) is 0 Å². The van der Waals surface area contributed by atoms with Crippen LogP contribution in [0.15, 0.2) is 5.51 Å². The van der Waals surface area contributed by atoms with Gasteiger partial charge in [-0.1, -0.05) is 0 Å². The minimum Gasteiger partial charge on any atom is -0.480 e. The van der Waals surface area contributed by atoms with Crippen molar-refractivity contribution >= 4 is 23.3 Å². The van der Waals surface area contributed by atoms with Crippen LogP contribution in [0.1, 0.15) is 10.6 Å². The molecule has 7 nitrogen and oxygen atoms in total. The van der Waals surface area contributed by atoms with Crippen LogP contribution in [0.4, 0.5) is 4.79 Å². The maximum absolute atomic E-state index is 11.9. The van der Waals surface area contributed by atoms with Crippen LogP contribution in [0.3, 0.4) is 0 Å². The van der Waals surface area contributed by atoms with E-state index in [1.165, 1.54) is 23.3 Å². The number of rotatable bonds is 6. The van der Waals surface area contributed by atoms with Gasteiger partial charge in [0, 0.05) is 19.0 Å². The van der Waals surface area contributed by atoms with E-state index in [4.69, 9.17) is 9.84 Å². The first-order valence-electron chi connectivity index (χ1n) is 5.58. The van der Waals surface area contributed by atoms with Crippen LogP contribution in [-0.4, -0.2) is 53.8 Å². The molecule has 0 aliphatic carbocycles. The summed E-state index contributed by atoms with van der Waals surface area (Å²) in [6, 6.07) is -1.51. The summed E-state index contributed by atoms with van der Waals surface area (Å²) in [6.07, 6.45) is 0.